The standard InChI is InChI=1S/C27H24O6/c1-16(2)32-19-10-12-21-20(14-19)24(17-7-5-4-6-8-17)25(27(28)29-3)26(33-21)18-9-11-22-23(13-18)31-15-30-22/h4-14,16,26H,15H2,1-3H3. The lowest BCUT2D eigenvalue weighted by atomic mass is 9.85. The van der Waals surface area contributed by atoms with Crippen LogP contribution in [-0.2, 0) is 9.53 Å². The molecule has 0 aliphatic carbocycles. The number of rotatable bonds is 5. The van der Waals surface area contributed by atoms with Gasteiger partial charge in [0, 0.05) is 16.7 Å². The Morgan fingerprint density at radius 2 is 1.70 bits per heavy atom. The Morgan fingerprint density at radius 3 is 2.45 bits per heavy atom. The fraction of sp³-hybridized carbons (Fsp3) is 0.222. The molecule has 3 aromatic carbocycles. The van der Waals surface area contributed by atoms with Gasteiger partial charge in [-0.25, -0.2) is 4.79 Å². The molecule has 5 rings (SSSR count). The van der Waals surface area contributed by atoms with Crippen LogP contribution in [0, 0.1) is 0 Å². The van der Waals surface area contributed by atoms with Crippen molar-refractivity contribution in [2.75, 3.05) is 13.9 Å². The summed E-state index contributed by atoms with van der Waals surface area (Å²) in [6.45, 7) is 4.11. The Bertz CT molecular complexity index is 1230. The summed E-state index contributed by atoms with van der Waals surface area (Å²) in [4.78, 5) is 13.2. The molecule has 0 spiro atoms. The maximum atomic E-state index is 13.2. The Labute approximate surface area is 192 Å². The molecule has 0 N–H and O–H groups in total. The number of carbonyl (C=O) groups excluding carboxylic acids is 1. The van der Waals surface area contributed by atoms with Gasteiger partial charge in [0.1, 0.15) is 11.5 Å². The lowest BCUT2D eigenvalue weighted by Crippen LogP contribution is -2.24. The van der Waals surface area contributed by atoms with Crippen LogP contribution in [0.3, 0.4) is 0 Å². The number of esters is 1. The minimum Gasteiger partial charge on any atom is -0.491 e. The van der Waals surface area contributed by atoms with Crippen LogP contribution in [0.15, 0.2) is 72.3 Å². The molecular weight excluding hydrogens is 420 g/mol. The second-order valence-corrected chi connectivity index (χ2v) is 8.08. The van der Waals surface area contributed by atoms with Crippen LogP contribution in [0.25, 0.3) is 5.57 Å². The monoisotopic (exact) mass is 444 g/mol. The lowest BCUT2D eigenvalue weighted by molar-refractivity contribution is -0.137. The topological polar surface area (TPSA) is 63.2 Å². The van der Waals surface area contributed by atoms with E-state index in [2.05, 4.69) is 0 Å². The van der Waals surface area contributed by atoms with Crippen LogP contribution < -0.4 is 18.9 Å². The van der Waals surface area contributed by atoms with Crippen molar-refractivity contribution in [3.05, 3.63) is 89.0 Å². The molecular formula is C27H24O6. The molecule has 0 fully saturated rings. The molecule has 2 aliphatic heterocycles. The van der Waals surface area contributed by atoms with Crippen LogP contribution in [0.2, 0.25) is 0 Å². The van der Waals surface area contributed by atoms with Gasteiger partial charge in [0.2, 0.25) is 6.79 Å². The van der Waals surface area contributed by atoms with Crippen LogP contribution in [0.4, 0.5) is 0 Å². The zero-order chi connectivity index (χ0) is 22.9. The number of carbonyl (C=O) groups is 1. The van der Waals surface area contributed by atoms with Gasteiger partial charge in [0.05, 0.1) is 18.8 Å². The molecule has 0 amide bonds. The SMILES string of the molecule is COC(=O)C1=C(c2ccccc2)c2cc(OC(C)C)ccc2OC1c1ccc2c(c1)OCO2. The van der Waals surface area contributed by atoms with E-state index in [0.717, 1.165) is 22.3 Å². The number of hydrogen-bond acceptors (Lipinski definition) is 6. The maximum absolute atomic E-state index is 13.2. The molecule has 0 saturated heterocycles. The quantitative estimate of drug-likeness (QED) is 0.497. The second-order valence-electron chi connectivity index (χ2n) is 8.08. The van der Waals surface area contributed by atoms with Crippen molar-refractivity contribution in [2.24, 2.45) is 0 Å². The fourth-order valence-corrected chi connectivity index (χ4v) is 4.16. The Morgan fingerprint density at radius 1 is 0.939 bits per heavy atom. The highest BCUT2D eigenvalue weighted by molar-refractivity contribution is 6.04. The minimum atomic E-state index is -0.688. The van der Waals surface area contributed by atoms with Gasteiger partial charge in [0.15, 0.2) is 17.6 Å². The highest BCUT2D eigenvalue weighted by Crippen LogP contribution is 2.47. The molecule has 0 saturated carbocycles. The highest BCUT2D eigenvalue weighted by Gasteiger charge is 2.36. The van der Waals surface area contributed by atoms with Crippen molar-refractivity contribution in [2.45, 2.75) is 26.1 Å². The molecule has 2 aliphatic rings. The van der Waals surface area contributed by atoms with E-state index in [4.69, 9.17) is 23.7 Å². The summed E-state index contributed by atoms with van der Waals surface area (Å²) in [7, 11) is 1.38. The number of hydrogen-bond donors (Lipinski definition) is 0. The molecule has 0 aromatic heterocycles. The smallest absolute Gasteiger partial charge is 0.338 e. The first kappa shape index (κ1) is 20.9. The maximum Gasteiger partial charge on any atom is 0.338 e. The van der Waals surface area contributed by atoms with Gasteiger partial charge >= 0.3 is 5.97 Å². The zero-order valence-corrected chi connectivity index (χ0v) is 18.7. The Kier molecular flexibility index (Phi) is 5.42. The van der Waals surface area contributed by atoms with Crippen molar-refractivity contribution in [1.29, 1.82) is 0 Å². The molecule has 1 unspecified atom stereocenters. The van der Waals surface area contributed by atoms with E-state index in [1.807, 2.05) is 80.6 Å². The molecule has 6 heteroatoms. The van der Waals surface area contributed by atoms with Crippen molar-refractivity contribution < 1.29 is 28.5 Å². The Hall–Kier alpha value is -3.93. The predicted octanol–water partition coefficient (Wildman–Crippen LogP) is 5.31. The number of fused-ring (bicyclic) bond motifs is 2. The summed E-state index contributed by atoms with van der Waals surface area (Å²) in [5.41, 5.74) is 3.59. The van der Waals surface area contributed by atoms with Gasteiger partial charge < -0.3 is 23.7 Å². The molecule has 2 heterocycles. The van der Waals surface area contributed by atoms with Gasteiger partial charge in [-0.05, 0) is 49.7 Å². The lowest BCUT2D eigenvalue weighted by Gasteiger charge is -2.31. The van der Waals surface area contributed by atoms with E-state index in [0.29, 0.717) is 28.6 Å². The summed E-state index contributed by atoms with van der Waals surface area (Å²) in [6, 6.07) is 21.0. The predicted molar refractivity (Wildman–Crippen MR) is 123 cm³/mol. The van der Waals surface area contributed by atoms with Gasteiger partial charge in [-0.1, -0.05) is 36.4 Å². The van der Waals surface area contributed by atoms with E-state index in [1.54, 1.807) is 0 Å². The third-order valence-corrected chi connectivity index (χ3v) is 5.54. The molecule has 0 bridgehead atoms. The third-order valence-electron chi connectivity index (χ3n) is 5.54. The van der Waals surface area contributed by atoms with Gasteiger partial charge in [-0.2, -0.15) is 0 Å². The van der Waals surface area contributed by atoms with Gasteiger partial charge in [-0.15, -0.1) is 0 Å². The van der Waals surface area contributed by atoms with Crippen molar-refractivity contribution in [1.82, 2.24) is 0 Å². The second kappa shape index (κ2) is 8.54. The molecule has 168 valence electrons. The number of methoxy groups -OCH3 is 1. The van der Waals surface area contributed by atoms with E-state index < -0.39 is 12.1 Å². The molecule has 0 radical (unpaired) electrons. The van der Waals surface area contributed by atoms with Gasteiger partial charge in [0.25, 0.3) is 0 Å². The zero-order valence-electron chi connectivity index (χ0n) is 18.7. The number of ether oxygens (including phenoxy) is 5. The molecule has 33 heavy (non-hydrogen) atoms. The van der Waals surface area contributed by atoms with Crippen molar-refractivity contribution in [3.63, 3.8) is 0 Å². The first-order valence-corrected chi connectivity index (χ1v) is 10.8. The van der Waals surface area contributed by atoms with Crippen LogP contribution in [-0.4, -0.2) is 26.0 Å². The third kappa shape index (κ3) is 3.89. The summed E-state index contributed by atoms with van der Waals surface area (Å²) in [5, 5.41) is 0. The first-order chi connectivity index (χ1) is 16.0. The van der Waals surface area contributed by atoms with Crippen LogP contribution in [0.1, 0.15) is 36.6 Å². The van der Waals surface area contributed by atoms with Crippen LogP contribution in [0.5, 0.6) is 23.0 Å². The molecule has 6 nitrogen and oxygen atoms in total. The van der Waals surface area contributed by atoms with Crippen LogP contribution >= 0.6 is 0 Å². The molecule has 3 aromatic rings. The largest absolute Gasteiger partial charge is 0.491 e. The minimum absolute atomic E-state index is 0.0122. The van der Waals surface area contributed by atoms with E-state index in [-0.39, 0.29) is 12.9 Å². The average Bonchev–Trinajstić information content (AvgIpc) is 3.30. The van der Waals surface area contributed by atoms with Crippen molar-refractivity contribution >= 4 is 11.5 Å². The van der Waals surface area contributed by atoms with E-state index in [9.17, 15) is 4.79 Å². The summed E-state index contributed by atoms with van der Waals surface area (Å²) in [5.74, 6) is 2.18. The summed E-state index contributed by atoms with van der Waals surface area (Å²) < 4.78 is 28.6. The normalized spacial score (nSPS) is 16.3. The molecule has 1 atom stereocenters. The van der Waals surface area contributed by atoms with Gasteiger partial charge in [-0.3, -0.25) is 0 Å². The highest BCUT2D eigenvalue weighted by atomic mass is 16.7. The van der Waals surface area contributed by atoms with E-state index in [1.165, 1.54) is 7.11 Å². The fourth-order valence-electron chi connectivity index (χ4n) is 4.16. The summed E-state index contributed by atoms with van der Waals surface area (Å²) in [6.07, 6.45) is -0.676. The Balaban J connectivity index is 1.74. The number of benzene rings is 3. The van der Waals surface area contributed by atoms with Crippen molar-refractivity contribution in [3.8, 4) is 23.0 Å². The summed E-state index contributed by atoms with van der Waals surface area (Å²) >= 11 is 0. The average molecular weight is 444 g/mol. The first-order valence-electron chi connectivity index (χ1n) is 10.8. The van der Waals surface area contributed by atoms with E-state index >= 15 is 0 Å².